The van der Waals surface area contributed by atoms with Crippen LogP contribution in [0.25, 0.3) is 0 Å². The van der Waals surface area contributed by atoms with Gasteiger partial charge in [0.05, 0.1) is 24.2 Å². The first-order valence-electron chi connectivity index (χ1n) is 41.7. The molecule has 1 aliphatic rings. The molecule has 15 heteroatoms. The first kappa shape index (κ1) is 104. The minimum atomic E-state index is -0.241. The summed E-state index contributed by atoms with van der Waals surface area (Å²) >= 11 is 3.34. The molecule has 117 heavy (non-hydrogen) atoms. The number of halogens is 4. The van der Waals surface area contributed by atoms with Gasteiger partial charge >= 0.3 is 0 Å². The summed E-state index contributed by atoms with van der Waals surface area (Å²) in [5.41, 5.74) is 22.2. The highest BCUT2D eigenvalue weighted by atomic mass is 79.9. The van der Waals surface area contributed by atoms with Gasteiger partial charge in [-0.15, -0.1) is 0 Å². The van der Waals surface area contributed by atoms with Crippen LogP contribution in [0.4, 0.5) is 13.2 Å². The lowest BCUT2D eigenvalue weighted by Crippen LogP contribution is -1.98. The number of aromatic nitrogens is 10. The Labute approximate surface area is 714 Å². The standard InChI is InChI=1S/C11H15N.C10H13FO.C10H13F.C9H12FN.6C9H13N.C8H11BrN2/c1-8(2)10-4-3-5-11(12-10)9-6-7-9;1-7(2)8-5-4-6-9(12-3)10(8)11;1-7(2)9-6-4-5-8(3)10(9)11;1-6(2)9-8(10)5-4-7(3)11-9;1-7(2)9-4-8(3)5-10-6-9;5*1-7(2)9-6-4-5-8(3)10-9;1-5(2)7-4-10-6(3)8(9)11-7/h3-5,8-9H,6-7H2,1-2H3;4-7H,1-3H3;4-7H,1-3H3;4-6H,1-3H3;6*4-7H,1-3H3;4-5H,1-3H3. The number of methoxy groups -OCH3 is 1. The molecule has 0 amide bonds. The van der Waals surface area contributed by atoms with E-state index in [1.165, 1.54) is 77.0 Å². The second-order valence-corrected chi connectivity index (χ2v) is 33.9. The van der Waals surface area contributed by atoms with Crippen molar-refractivity contribution >= 4 is 15.9 Å². The van der Waals surface area contributed by atoms with Gasteiger partial charge < -0.3 is 4.74 Å². The molecule has 0 N–H and O–H groups in total. The third kappa shape index (κ3) is 41.7. The van der Waals surface area contributed by atoms with Crippen molar-refractivity contribution in [2.45, 2.75) is 298 Å². The van der Waals surface area contributed by atoms with E-state index in [9.17, 15) is 13.2 Å². The summed E-state index contributed by atoms with van der Waals surface area (Å²) in [4.78, 5) is 43.2. The summed E-state index contributed by atoms with van der Waals surface area (Å²) in [6, 6.07) is 53.2. The van der Waals surface area contributed by atoms with Gasteiger partial charge in [-0.05, 0) is 275 Å². The highest BCUT2D eigenvalue weighted by molar-refractivity contribution is 9.10. The average molecular weight is 1660 g/mol. The van der Waals surface area contributed by atoms with Crippen LogP contribution in [-0.2, 0) is 0 Å². The number of benzene rings is 2. The predicted octanol–water partition coefficient (Wildman–Crippen LogP) is 29.7. The molecule has 2 aromatic carbocycles. The number of rotatable bonds is 13. The minimum absolute atomic E-state index is 0.0532. The van der Waals surface area contributed by atoms with Crippen LogP contribution < -0.4 is 4.74 Å². The summed E-state index contributed by atoms with van der Waals surface area (Å²) in [6.45, 7) is 64.0. The van der Waals surface area contributed by atoms with Crippen LogP contribution in [0.5, 0.6) is 5.75 Å². The molecule has 11 nitrogen and oxygen atoms in total. The number of nitrogens with zero attached hydrogens (tertiary/aromatic N) is 10. The van der Waals surface area contributed by atoms with Gasteiger partial charge in [-0.2, -0.15) is 0 Å². The van der Waals surface area contributed by atoms with Crippen LogP contribution in [0.15, 0.2) is 187 Å². The zero-order valence-corrected chi connectivity index (χ0v) is 78.6. The Bertz CT molecular complexity index is 4220. The van der Waals surface area contributed by atoms with Gasteiger partial charge in [0.25, 0.3) is 0 Å². The van der Waals surface area contributed by atoms with Gasteiger partial charge in [-0.25, -0.2) is 18.2 Å². The van der Waals surface area contributed by atoms with Gasteiger partial charge in [0, 0.05) is 98.5 Å². The van der Waals surface area contributed by atoms with E-state index >= 15 is 0 Å². The maximum absolute atomic E-state index is 13.4. The van der Waals surface area contributed by atoms with Crippen molar-refractivity contribution in [3.05, 3.63) is 323 Å². The van der Waals surface area contributed by atoms with Crippen molar-refractivity contribution in [3.63, 3.8) is 0 Å². The molecule has 0 unspecified atom stereocenters. The van der Waals surface area contributed by atoms with Crippen molar-refractivity contribution in [2.75, 3.05) is 7.11 Å². The topological polar surface area (TPSA) is 138 Å². The van der Waals surface area contributed by atoms with E-state index < -0.39 is 0 Å². The van der Waals surface area contributed by atoms with Crippen LogP contribution in [0, 0.1) is 79.8 Å². The fourth-order valence-electron chi connectivity index (χ4n) is 10.6. The van der Waals surface area contributed by atoms with E-state index in [4.69, 9.17) is 4.74 Å². The van der Waals surface area contributed by atoms with E-state index in [1.807, 2.05) is 151 Å². The van der Waals surface area contributed by atoms with E-state index in [2.05, 4.69) is 268 Å². The Morgan fingerprint density at radius 1 is 0.333 bits per heavy atom. The number of ether oxygens (including phenoxy) is 1. The first-order chi connectivity index (χ1) is 55.0. The fourth-order valence-corrected chi connectivity index (χ4v) is 11.0. The third-order valence-corrected chi connectivity index (χ3v) is 18.9. The molecule has 634 valence electrons. The van der Waals surface area contributed by atoms with Crippen LogP contribution in [0.1, 0.15) is 355 Å². The molecule has 1 saturated carbocycles. The lowest BCUT2D eigenvalue weighted by Gasteiger charge is -2.09. The minimum Gasteiger partial charge on any atom is -0.494 e. The van der Waals surface area contributed by atoms with Gasteiger partial charge in [-0.3, -0.25) is 44.9 Å². The molecule has 1 aliphatic carbocycles. The monoisotopic (exact) mass is 1660 g/mol. The van der Waals surface area contributed by atoms with Gasteiger partial charge in [-0.1, -0.05) is 225 Å². The fraction of sp³-hybridized carbons (Fsp3) is 0.451. The molecule has 11 aromatic rings. The largest absolute Gasteiger partial charge is 0.494 e. The smallest absolute Gasteiger partial charge is 0.168 e. The maximum atomic E-state index is 13.4. The Kier molecular flexibility index (Phi) is 48.6. The maximum Gasteiger partial charge on any atom is 0.168 e. The predicted molar refractivity (Wildman–Crippen MR) is 493 cm³/mol. The molecule has 1 fully saturated rings. The zero-order chi connectivity index (χ0) is 88.3. The van der Waals surface area contributed by atoms with Crippen LogP contribution in [-0.4, -0.2) is 56.9 Å². The second-order valence-electron chi connectivity index (χ2n) is 33.1. The molecule has 0 saturated heterocycles. The lowest BCUT2D eigenvalue weighted by atomic mass is 10.0. The molecule has 9 heterocycles. The quantitative estimate of drug-likeness (QED) is 0.109. The van der Waals surface area contributed by atoms with E-state index in [0.717, 1.165) is 67.2 Å². The molecule has 0 atom stereocenters. The number of hydrogen-bond donors (Lipinski definition) is 0. The third-order valence-electron chi connectivity index (χ3n) is 18.2. The SMILES string of the molecule is CC(C)c1cccc(C2CC2)n1.COc1cccc(C(C)C)c1F.Cc1ccc(F)c(C(C)C)n1.Cc1cccc(C(C)C)c1F.Cc1cccc(C(C)C)n1.Cc1cccc(C(C)C)n1.Cc1cccc(C(C)C)n1.Cc1cccc(C(C)C)n1.Cc1cccc(C(C)C)n1.Cc1cncc(C(C)C)c1.Cc1ncc(C(C)C)nc1Br. The highest BCUT2D eigenvalue weighted by Crippen LogP contribution is 2.39. The van der Waals surface area contributed by atoms with E-state index in [1.54, 1.807) is 37.3 Å². The van der Waals surface area contributed by atoms with Crippen LogP contribution in [0.2, 0.25) is 0 Å². The van der Waals surface area contributed by atoms with Gasteiger partial charge in [0.1, 0.15) is 16.2 Å². The van der Waals surface area contributed by atoms with Crippen molar-refractivity contribution in [2.24, 2.45) is 0 Å². The number of hydrogen-bond acceptors (Lipinski definition) is 11. The van der Waals surface area contributed by atoms with Crippen molar-refractivity contribution in [1.82, 2.24) is 49.8 Å². The van der Waals surface area contributed by atoms with Crippen molar-refractivity contribution in [1.29, 1.82) is 0 Å². The summed E-state index contributed by atoms with van der Waals surface area (Å²) in [6.07, 6.45) is 8.32. The second kappa shape index (κ2) is 54.7. The first-order valence-corrected chi connectivity index (χ1v) is 42.5. The number of aryl methyl sites for hydroxylation is 9. The molecule has 0 bridgehead atoms. The normalized spacial score (nSPS) is 11.1. The van der Waals surface area contributed by atoms with Gasteiger partial charge in [0.15, 0.2) is 11.6 Å². The van der Waals surface area contributed by atoms with Crippen LogP contribution >= 0.6 is 15.9 Å². The molecule has 12 rings (SSSR count). The average Bonchev–Trinajstić information content (AvgIpc) is 1.68. The molecule has 0 aliphatic heterocycles. The molecular weight excluding hydrogens is 1520 g/mol. The van der Waals surface area contributed by atoms with Crippen molar-refractivity contribution in [3.8, 4) is 5.75 Å². The molecule has 0 spiro atoms. The zero-order valence-electron chi connectivity index (χ0n) is 77.1. The Morgan fingerprint density at radius 2 is 0.684 bits per heavy atom. The molecule has 9 aromatic heterocycles. The van der Waals surface area contributed by atoms with Crippen LogP contribution in [0.3, 0.4) is 0 Å². The summed E-state index contributed by atoms with van der Waals surface area (Å²) in [7, 11) is 1.47. The summed E-state index contributed by atoms with van der Waals surface area (Å²) in [5, 5.41) is 0. The van der Waals surface area contributed by atoms with Gasteiger partial charge in [0.2, 0.25) is 0 Å². The highest BCUT2D eigenvalue weighted by Gasteiger charge is 2.25. The molecular formula is C102H142BrF3N10O. The Balaban J connectivity index is 0.000000437. The van der Waals surface area contributed by atoms with E-state index in [-0.39, 0.29) is 35.2 Å². The summed E-state index contributed by atoms with van der Waals surface area (Å²) < 4.78 is 45.3. The number of pyridine rings is 8. The Morgan fingerprint density at radius 3 is 0.974 bits per heavy atom. The van der Waals surface area contributed by atoms with Crippen molar-refractivity contribution < 1.29 is 17.9 Å². The Hall–Kier alpha value is -9.21. The molecule has 0 radical (unpaired) electrons. The lowest BCUT2D eigenvalue weighted by molar-refractivity contribution is 0.383. The summed E-state index contributed by atoms with van der Waals surface area (Å²) in [5.74, 6) is 5.54. The van der Waals surface area contributed by atoms with E-state index in [0.29, 0.717) is 64.4 Å².